The second-order valence-electron chi connectivity index (χ2n) is 4.43. The molecule has 1 aromatic rings. The lowest BCUT2D eigenvalue weighted by molar-refractivity contribution is 0.309. The van der Waals surface area contributed by atoms with E-state index in [4.69, 9.17) is 9.47 Å². The van der Waals surface area contributed by atoms with Gasteiger partial charge in [0.1, 0.15) is 17.5 Å². The van der Waals surface area contributed by atoms with Crippen molar-refractivity contribution >= 4 is 0 Å². The van der Waals surface area contributed by atoms with Gasteiger partial charge in [0, 0.05) is 11.5 Å². The van der Waals surface area contributed by atoms with Gasteiger partial charge in [0.25, 0.3) is 0 Å². The Morgan fingerprint density at radius 2 is 1.89 bits per heavy atom. The summed E-state index contributed by atoms with van der Waals surface area (Å²) in [5.74, 6) is 1.59. The van der Waals surface area contributed by atoms with E-state index >= 15 is 0 Å². The average Bonchev–Trinajstić information content (AvgIpc) is 2.38. The van der Waals surface area contributed by atoms with Crippen LogP contribution >= 0.6 is 0 Å². The minimum absolute atomic E-state index is 0.0371. The Hall–Kier alpha value is -1.73. The van der Waals surface area contributed by atoms with E-state index < -0.39 is 0 Å². The first-order valence-corrected chi connectivity index (χ1v) is 5.83. The Kier molecular flexibility index (Phi) is 4.99. The molecule has 0 N–H and O–H groups in total. The van der Waals surface area contributed by atoms with Crippen molar-refractivity contribution in [2.45, 2.75) is 18.9 Å². The van der Waals surface area contributed by atoms with Crippen LogP contribution in [0.5, 0.6) is 11.5 Å². The van der Waals surface area contributed by atoms with Gasteiger partial charge in [0.05, 0.1) is 20.3 Å². The Morgan fingerprint density at radius 1 is 1.22 bits per heavy atom. The predicted octanol–water partition coefficient (Wildman–Crippen LogP) is 2.26. The molecule has 4 heteroatoms. The zero-order valence-corrected chi connectivity index (χ0v) is 11.6. The summed E-state index contributed by atoms with van der Waals surface area (Å²) in [6.45, 7) is 2.02. The molecule has 2 atom stereocenters. The number of nitrogens with zero attached hydrogens (tertiary/aromatic N) is 2. The number of hydrogen-bond donors (Lipinski definition) is 0. The molecule has 0 saturated heterocycles. The number of methoxy groups -OCH3 is 2. The lowest BCUT2D eigenvalue weighted by atomic mass is 9.92. The van der Waals surface area contributed by atoms with E-state index in [0.717, 1.165) is 17.1 Å². The Balaban J connectivity index is 3.17. The first kappa shape index (κ1) is 14.3. The molecule has 0 aliphatic rings. The minimum atomic E-state index is -0.203. The summed E-state index contributed by atoms with van der Waals surface area (Å²) in [5.41, 5.74) is 0.983. The van der Waals surface area contributed by atoms with Crippen molar-refractivity contribution in [1.82, 2.24) is 4.90 Å². The summed E-state index contributed by atoms with van der Waals surface area (Å²) in [5, 5.41) is 9.25. The molecule has 1 aromatic carbocycles. The van der Waals surface area contributed by atoms with Crippen LogP contribution in [0.1, 0.15) is 18.4 Å². The maximum Gasteiger partial charge on any atom is 0.122 e. The first-order valence-electron chi connectivity index (χ1n) is 5.83. The van der Waals surface area contributed by atoms with Crippen molar-refractivity contribution in [3.63, 3.8) is 0 Å². The van der Waals surface area contributed by atoms with E-state index in [-0.39, 0.29) is 12.0 Å². The van der Waals surface area contributed by atoms with Crippen LogP contribution in [0.25, 0.3) is 0 Å². The zero-order valence-electron chi connectivity index (χ0n) is 11.6. The van der Waals surface area contributed by atoms with Crippen molar-refractivity contribution in [2.24, 2.45) is 0 Å². The highest BCUT2D eigenvalue weighted by atomic mass is 16.5. The molecule has 0 spiro atoms. The lowest BCUT2D eigenvalue weighted by Crippen LogP contribution is -2.31. The van der Waals surface area contributed by atoms with Gasteiger partial charge in [-0.3, -0.25) is 4.90 Å². The second kappa shape index (κ2) is 6.27. The molecule has 0 bridgehead atoms. The van der Waals surface area contributed by atoms with Gasteiger partial charge in [-0.05, 0) is 32.3 Å². The normalized spacial score (nSPS) is 13.8. The highest BCUT2D eigenvalue weighted by molar-refractivity contribution is 5.43. The molecule has 0 heterocycles. The van der Waals surface area contributed by atoms with Gasteiger partial charge >= 0.3 is 0 Å². The van der Waals surface area contributed by atoms with E-state index in [1.54, 1.807) is 14.2 Å². The largest absolute Gasteiger partial charge is 0.497 e. The van der Waals surface area contributed by atoms with Crippen LogP contribution in [0, 0.1) is 11.3 Å². The van der Waals surface area contributed by atoms with Crippen LogP contribution in [0.2, 0.25) is 0 Å². The van der Waals surface area contributed by atoms with Crippen molar-refractivity contribution < 1.29 is 9.47 Å². The third kappa shape index (κ3) is 2.93. The van der Waals surface area contributed by atoms with Gasteiger partial charge in [-0.15, -0.1) is 0 Å². The van der Waals surface area contributed by atoms with E-state index in [9.17, 15) is 5.26 Å². The third-order valence-electron chi connectivity index (χ3n) is 3.09. The molecule has 1 rings (SSSR count). The summed E-state index contributed by atoms with van der Waals surface area (Å²) >= 11 is 0. The van der Waals surface area contributed by atoms with Crippen LogP contribution < -0.4 is 9.47 Å². The van der Waals surface area contributed by atoms with E-state index in [1.807, 2.05) is 44.1 Å². The highest BCUT2D eigenvalue weighted by Gasteiger charge is 2.23. The second-order valence-corrected chi connectivity index (χ2v) is 4.43. The SMILES string of the molecule is COc1ccc(OC)c(C(C)C(C#N)N(C)C)c1. The van der Waals surface area contributed by atoms with Crippen LogP contribution in [0.15, 0.2) is 18.2 Å². The predicted molar refractivity (Wildman–Crippen MR) is 71.0 cm³/mol. The molecule has 0 aromatic heterocycles. The average molecular weight is 248 g/mol. The number of likely N-dealkylation sites (N-methyl/N-ethyl adjacent to an activating group) is 1. The quantitative estimate of drug-likeness (QED) is 0.802. The fourth-order valence-electron chi connectivity index (χ4n) is 2.04. The van der Waals surface area contributed by atoms with Gasteiger partial charge in [-0.2, -0.15) is 5.26 Å². The van der Waals surface area contributed by atoms with Crippen molar-refractivity contribution in [2.75, 3.05) is 28.3 Å². The summed E-state index contributed by atoms with van der Waals surface area (Å²) < 4.78 is 10.6. The Morgan fingerprint density at radius 3 is 2.33 bits per heavy atom. The Bertz CT molecular complexity index is 438. The highest BCUT2D eigenvalue weighted by Crippen LogP contribution is 2.33. The molecule has 18 heavy (non-hydrogen) atoms. The Labute approximate surface area is 109 Å². The zero-order chi connectivity index (χ0) is 13.7. The summed E-state index contributed by atoms with van der Waals surface area (Å²) in [7, 11) is 7.06. The van der Waals surface area contributed by atoms with Crippen LogP contribution in [-0.2, 0) is 0 Å². The standard InChI is InChI=1S/C14H20N2O2/c1-10(13(9-15)16(2)3)12-8-11(17-4)6-7-14(12)18-5/h6-8,10,13H,1-5H3. The number of ether oxygens (including phenoxy) is 2. The fraction of sp³-hybridized carbons (Fsp3) is 0.500. The van der Waals surface area contributed by atoms with Gasteiger partial charge in [-0.25, -0.2) is 0 Å². The van der Waals surface area contributed by atoms with Crippen LogP contribution in [0.4, 0.5) is 0 Å². The van der Waals surface area contributed by atoms with Crippen molar-refractivity contribution in [3.8, 4) is 17.6 Å². The van der Waals surface area contributed by atoms with Gasteiger partial charge in [0.2, 0.25) is 0 Å². The van der Waals surface area contributed by atoms with Crippen molar-refractivity contribution in [3.05, 3.63) is 23.8 Å². The molecular weight excluding hydrogens is 228 g/mol. The fourth-order valence-corrected chi connectivity index (χ4v) is 2.04. The molecule has 0 aliphatic heterocycles. The third-order valence-corrected chi connectivity index (χ3v) is 3.09. The van der Waals surface area contributed by atoms with Gasteiger partial charge < -0.3 is 9.47 Å². The van der Waals surface area contributed by atoms with Gasteiger partial charge in [-0.1, -0.05) is 6.92 Å². The maximum atomic E-state index is 9.25. The van der Waals surface area contributed by atoms with Gasteiger partial charge in [0.15, 0.2) is 0 Å². The monoisotopic (exact) mass is 248 g/mol. The number of nitriles is 1. The minimum Gasteiger partial charge on any atom is -0.497 e. The maximum absolute atomic E-state index is 9.25. The molecular formula is C14H20N2O2. The van der Waals surface area contributed by atoms with Crippen molar-refractivity contribution in [1.29, 1.82) is 5.26 Å². The molecule has 0 saturated carbocycles. The van der Waals surface area contributed by atoms with E-state index in [2.05, 4.69) is 6.07 Å². The van der Waals surface area contributed by atoms with Crippen LogP contribution in [-0.4, -0.2) is 39.3 Å². The van der Waals surface area contributed by atoms with E-state index in [1.165, 1.54) is 0 Å². The molecule has 4 nitrogen and oxygen atoms in total. The molecule has 0 radical (unpaired) electrons. The summed E-state index contributed by atoms with van der Waals surface area (Å²) in [6, 6.07) is 7.77. The molecule has 0 fully saturated rings. The molecule has 0 amide bonds. The molecule has 98 valence electrons. The number of benzene rings is 1. The first-order chi connectivity index (χ1) is 8.54. The molecule has 2 unspecified atom stereocenters. The van der Waals surface area contributed by atoms with E-state index in [0.29, 0.717) is 0 Å². The summed E-state index contributed by atoms with van der Waals surface area (Å²) in [4.78, 5) is 1.91. The number of rotatable bonds is 5. The lowest BCUT2D eigenvalue weighted by Gasteiger charge is -2.25. The summed E-state index contributed by atoms with van der Waals surface area (Å²) in [6.07, 6.45) is 0. The van der Waals surface area contributed by atoms with Crippen LogP contribution in [0.3, 0.4) is 0 Å². The smallest absolute Gasteiger partial charge is 0.122 e. The number of hydrogen-bond acceptors (Lipinski definition) is 4. The molecule has 0 aliphatic carbocycles. The topological polar surface area (TPSA) is 45.5 Å².